The van der Waals surface area contributed by atoms with Crippen molar-refractivity contribution in [1.82, 2.24) is 0 Å². The van der Waals surface area contributed by atoms with E-state index in [1.54, 1.807) is 0 Å². The Bertz CT molecular complexity index is 530. The predicted molar refractivity (Wildman–Crippen MR) is 75.1 cm³/mol. The molecule has 1 unspecified atom stereocenters. The van der Waals surface area contributed by atoms with E-state index in [1.807, 2.05) is 0 Å². The first-order chi connectivity index (χ1) is 8.81. The third-order valence-corrected chi connectivity index (χ3v) is 3.72. The van der Waals surface area contributed by atoms with Gasteiger partial charge in [0.1, 0.15) is 5.25 Å². The van der Waals surface area contributed by atoms with E-state index in [4.69, 9.17) is 28.3 Å². The molecule has 0 amide bonds. The van der Waals surface area contributed by atoms with Crippen molar-refractivity contribution in [1.29, 1.82) is 0 Å². The minimum atomic E-state index is -1.21. The summed E-state index contributed by atoms with van der Waals surface area (Å²) in [6.07, 6.45) is -0.305. The second kappa shape index (κ2) is 6.93. The Kier molecular flexibility index (Phi) is 5.85. The van der Waals surface area contributed by atoms with Crippen LogP contribution in [0.1, 0.15) is 23.7 Å². The van der Waals surface area contributed by atoms with Gasteiger partial charge in [-0.1, -0.05) is 35.0 Å². The van der Waals surface area contributed by atoms with Crippen molar-refractivity contribution in [2.24, 2.45) is 0 Å². The fourth-order valence-electron chi connectivity index (χ4n) is 1.37. The van der Waals surface area contributed by atoms with Gasteiger partial charge >= 0.3 is 5.97 Å². The number of carbonyl (C=O) groups is 3. The van der Waals surface area contributed by atoms with Gasteiger partial charge in [-0.05, 0) is 18.2 Å². The molecule has 0 spiro atoms. The van der Waals surface area contributed by atoms with Crippen LogP contribution < -0.4 is 0 Å². The van der Waals surface area contributed by atoms with Gasteiger partial charge in [0.25, 0.3) is 0 Å². The maximum absolute atomic E-state index is 12.0. The van der Waals surface area contributed by atoms with Crippen LogP contribution in [0, 0.1) is 0 Å². The van der Waals surface area contributed by atoms with E-state index in [0.717, 1.165) is 0 Å². The molecular weight excluding hydrogens is 311 g/mol. The highest BCUT2D eigenvalue weighted by Crippen LogP contribution is 2.25. The summed E-state index contributed by atoms with van der Waals surface area (Å²) in [5, 5.41) is 8.02. The molecule has 0 aromatic heterocycles. The van der Waals surface area contributed by atoms with Gasteiger partial charge < -0.3 is 5.11 Å². The van der Waals surface area contributed by atoms with E-state index in [0.29, 0.717) is 16.8 Å². The summed E-state index contributed by atoms with van der Waals surface area (Å²) in [7, 11) is 0. The molecule has 0 bridgehead atoms. The van der Waals surface area contributed by atoms with Crippen LogP contribution in [0.15, 0.2) is 18.2 Å². The Morgan fingerprint density at radius 3 is 2.42 bits per heavy atom. The van der Waals surface area contributed by atoms with Crippen LogP contribution in [-0.4, -0.2) is 27.2 Å². The molecule has 7 heteroatoms. The molecule has 0 fully saturated rings. The Balaban J connectivity index is 2.87. The third kappa shape index (κ3) is 4.86. The molecular formula is C12H10Cl2O4S. The number of Topliss-reactive ketones (excluding diaryl/α,β-unsaturated/α-hetero) is 1. The summed E-state index contributed by atoms with van der Waals surface area (Å²) in [4.78, 5) is 33.9. The fourth-order valence-corrected chi connectivity index (χ4v) is 2.62. The largest absolute Gasteiger partial charge is 0.480 e. The molecule has 19 heavy (non-hydrogen) atoms. The first kappa shape index (κ1) is 16.0. The first-order valence-corrected chi connectivity index (χ1v) is 6.83. The van der Waals surface area contributed by atoms with Gasteiger partial charge in [0, 0.05) is 23.9 Å². The second-order valence-corrected chi connectivity index (χ2v) is 5.91. The predicted octanol–water partition coefficient (Wildman–Crippen LogP) is 3.30. The average Bonchev–Trinajstić information content (AvgIpc) is 2.26. The zero-order valence-electron chi connectivity index (χ0n) is 9.85. The molecule has 1 rings (SSSR count). The van der Waals surface area contributed by atoms with Crippen molar-refractivity contribution < 1.29 is 19.5 Å². The number of carbonyl (C=O) groups excluding carboxylic acids is 2. The molecule has 1 N–H and O–H groups in total. The van der Waals surface area contributed by atoms with E-state index in [1.165, 1.54) is 25.1 Å². The number of benzene rings is 1. The van der Waals surface area contributed by atoms with Crippen LogP contribution in [-0.2, 0) is 9.59 Å². The summed E-state index contributed by atoms with van der Waals surface area (Å²) in [5.74, 6) is -1.65. The van der Waals surface area contributed by atoms with Crippen LogP contribution >= 0.6 is 35.0 Å². The maximum atomic E-state index is 12.0. The Labute approximate surface area is 124 Å². The van der Waals surface area contributed by atoms with Crippen molar-refractivity contribution in [3.05, 3.63) is 33.8 Å². The smallest absolute Gasteiger partial charge is 0.317 e. The molecule has 4 nitrogen and oxygen atoms in total. The van der Waals surface area contributed by atoms with Gasteiger partial charge in [-0.2, -0.15) is 0 Å². The number of hydrogen-bond acceptors (Lipinski definition) is 4. The second-order valence-electron chi connectivity index (χ2n) is 3.69. The Hall–Kier alpha value is -1.04. The molecule has 0 radical (unpaired) electrons. The molecule has 102 valence electrons. The summed E-state index contributed by atoms with van der Waals surface area (Å²) < 4.78 is 0. The number of hydrogen-bond donors (Lipinski definition) is 1. The van der Waals surface area contributed by atoms with Crippen LogP contribution in [0.3, 0.4) is 0 Å². The number of halogens is 2. The lowest BCUT2D eigenvalue weighted by Gasteiger charge is -2.10. The summed E-state index contributed by atoms with van der Waals surface area (Å²) in [6, 6.07) is 4.34. The van der Waals surface area contributed by atoms with Crippen molar-refractivity contribution in [3.63, 3.8) is 0 Å². The molecule has 1 atom stereocenters. The minimum Gasteiger partial charge on any atom is -0.480 e. The van der Waals surface area contributed by atoms with Crippen molar-refractivity contribution in [2.45, 2.75) is 18.6 Å². The molecule has 0 saturated heterocycles. The van der Waals surface area contributed by atoms with E-state index < -0.39 is 17.0 Å². The lowest BCUT2D eigenvalue weighted by molar-refractivity contribution is -0.136. The fraction of sp³-hybridized carbons (Fsp3) is 0.250. The average molecular weight is 321 g/mol. The van der Waals surface area contributed by atoms with Gasteiger partial charge in [-0.25, -0.2) is 0 Å². The standard InChI is InChI=1S/C12H10Cl2O4S/c1-6(15)19-11(12(17)18)5-10(16)8-3-2-7(13)4-9(8)14/h2-4,11H,5H2,1H3,(H,17,18). The van der Waals surface area contributed by atoms with Gasteiger partial charge in [-0.15, -0.1) is 0 Å². The Morgan fingerprint density at radius 2 is 1.95 bits per heavy atom. The van der Waals surface area contributed by atoms with Crippen LogP contribution in [0.5, 0.6) is 0 Å². The minimum absolute atomic E-state index is 0.162. The third-order valence-electron chi connectivity index (χ3n) is 2.19. The number of rotatable bonds is 5. The molecule has 0 saturated carbocycles. The topological polar surface area (TPSA) is 71.4 Å². The van der Waals surface area contributed by atoms with Gasteiger partial charge in [-0.3, -0.25) is 14.4 Å². The highest BCUT2D eigenvalue weighted by atomic mass is 35.5. The highest BCUT2D eigenvalue weighted by molar-refractivity contribution is 8.14. The molecule has 1 aromatic carbocycles. The first-order valence-electron chi connectivity index (χ1n) is 5.19. The summed E-state index contributed by atoms with van der Waals surface area (Å²) >= 11 is 12.2. The number of ketones is 1. The number of carboxylic acid groups (broad SMARTS) is 1. The number of carboxylic acids is 1. The number of thioether (sulfide) groups is 1. The zero-order chi connectivity index (χ0) is 14.6. The maximum Gasteiger partial charge on any atom is 0.317 e. The molecule has 0 aliphatic rings. The monoisotopic (exact) mass is 320 g/mol. The lowest BCUT2D eigenvalue weighted by atomic mass is 10.1. The van der Waals surface area contributed by atoms with Crippen LogP contribution in [0.2, 0.25) is 10.0 Å². The van der Waals surface area contributed by atoms with E-state index in [9.17, 15) is 14.4 Å². The van der Waals surface area contributed by atoms with E-state index in [-0.39, 0.29) is 22.1 Å². The normalized spacial score (nSPS) is 11.9. The zero-order valence-corrected chi connectivity index (χ0v) is 12.2. The highest BCUT2D eigenvalue weighted by Gasteiger charge is 2.25. The van der Waals surface area contributed by atoms with Crippen LogP contribution in [0.25, 0.3) is 0 Å². The molecule has 0 aliphatic heterocycles. The molecule has 1 aromatic rings. The van der Waals surface area contributed by atoms with Gasteiger partial charge in [0.2, 0.25) is 0 Å². The van der Waals surface area contributed by atoms with E-state index in [2.05, 4.69) is 0 Å². The van der Waals surface area contributed by atoms with Crippen molar-refractivity contribution in [2.75, 3.05) is 0 Å². The SMILES string of the molecule is CC(=O)SC(CC(=O)c1ccc(Cl)cc1Cl)C(=O)O. The van der Waals surface area contributed by atoms with Crippen molar-refractivity contribution in [3.8, 4) is 0 Å². The van der Waals surface area contributed by atoms with Gasteiger partial charge in [0.05, 0.1) is 5.02 Å². The molecule has 0 heterocycles. The summed E-state index contributed by atoms with van der Waals surface area (Å²) in [5.41, 5.74) is 0.196. The summed E-state index contributed by atoms with van der Waals surface area (Å²) in [6.45, 7) is 1.25. The van der Waals surface area contributed by atoms with Crippen LogP contribution in [0.4, 0.5) is 0 Å². The Morgan fingerprint density at radius 1 is 1.32 bits per heavy atom. The van der Waals surface area contributed by atoms with E-state index >= 15 is 0 Å². The lowest BCUT2D eigenvalue weighted by Crippen LogP contribution is -2.22. The quantitative estimate of drug-likeness (QED) is 0.843. The van der Waals surface area contributed by atoms with Gasteiger partial charge in [0.15, 0.2) is 10.9 Å². The number of aliphatic carboxylic acids is 1. The molecule has 0 aliphatic carbocycles. The van der Waals surface area contributed by atoms with Crippen molar-refractivity contribution >= 4 is 51.8 Å².